The van der Waals surface area contributed by atoms with Crippen molar-refractivity contribution in [2.45, 2.75) is 0 Å². The predicted octanol–water partition coefficient (Wildman–Crippen LogP) is 13.8. The minimum atomic E-state index is 0.636. The van der Waals surface area contributed by atoms with Gasteiger partial charge < -0.3 is 4.57 Å². The average Bonchev–Trinajstić information content (AvgIpc) is 3.80. The number of para-hydroxylation sites is 1. The van der Waals surface area contributed by atoms with Crippen LogP contribution in [0, 0.1) is 0 Å². The summed E-state index contributed by atoms with van der Waals surface area (Å²) >= 11 is 1.86. The van der Waals surface area contributed by atoms with Crippen molar-refractivity contribution in [2.75, 3.05) is 0 Å². The Bertz CT molecular complexity index is 3470. The molecule has 0 aliphatic carbocycles. The van der Waals surface area contributed by atoms with E-state index in [4.69, 9.17) is 15.0 Å². The fourth-order valence-corrected chi connectivity index (χ4v) is 9.84. The van der Waals surface area contributed by atoms with E-state index in [1.165, 1.54) is 58.0 Å². The van der Waals surface area contributed by atoms with Crippen molar-refractivity contribution in [1.29, 1.82) is 0 Å². The zero-order chi connectivity index (χ0) is 36.7. The zero-order valence-electron chi connectivity index (χ0n) is 30.0. The first-order chi connectivity index (χ1) is 27.8. The molecular formula is C51H30N4S. The standard InChI is InChI=1S/C51H30N4S/c1-3-15-31(16-4-1)49-52-50(32-17-5-2-6-18-32)54-51(53-49)43-28-33(27-42-36-21-8-7-19-34(36)35-20-9-10-24-39(35)48(42)43)55-44-25-13-11-22-37(44)40-30-47-41(29-45(40)55)38-23-12-14-26-46(38)56-47/h1-30H. The summed E-state index contributed by atoms with van der Waals surface area (Å²) in [6.07, 6.45) is 0. The number of fused-ring (bicyclic) bond motifs is 12. The van der Waals surface area contributed by atoms with Crippen molar-refractivity contribution in [3.05, 3.63) is 182 Å². The van der Waals surface area contributed by atoms with E-state index in [1.54, 1.807) is 0 Å². The number of hydrogen-bond donors (Lipinski definition) is 0. The van der Waals surface area contributed by atoms with Crippen molar-refractivity contribution >= 4 is 85.6 Å². The molecule has 0 saturated carbocycles. The minimum Gasteiger partial charge on any atom is -0.309 e. The van der Waals surface area contributed by atoms with E-state index in [9.17, 15) is 0 Å². The van der Waals surface area contributed by atoms with Crippen LogP contribution < -0.4 is 0 Å². The lowest BCUT2D eigenvalue weighted by Crippen LogP contribution is -2.02. The second-order valence-electron chi connectivity index (χ2n) is 14.4. The van der Waals surface area contributed by atoms with Gasteiger partial charge in [0.25, 0.3) is 0 Å². The highest BCUT2D eigenvalue weighted by Crippen LogP contribution is 2.45. The SMILES string of the molecule is c1ccc(-c2nc(-c3ccccc3)nc(-c3cc(-n4c5ccccc5c5cc6sc7ccccc7c6cc54)cc4c5ccccc5c5ccccc5c34)n2)cc1. The van der Waals surface area contributed by atoms with Gasteiger partial charge in [0.15, 0.2) is 17.5 Å². The topological polar surface area (TPSA) is 43.6 Å². The monoisotopic (exact) mass is 730 g/mol. The number of thiophene rings is 1. The molecule has 0 unspecified atom stereocenters. The lowest BCUT2D eigenvalue weighted by atomic mass is 9.91. The number of aromatic nitrogens is 4. The number of benzene rings is 9. The van der Waals surface area contributed by atoms with Crippen LogP contribution in [-0.4, -0.2) is 19.5 Å². The summed E-state index contributed by atoms with van der Waals surface area (Å²) in [5.41, 5.74) is 6.23. The Balaban J connectivity index is 1.25. The van der Waals surface area contributed by atoms with E-state index < -0.39 is 0 Å². The second-order valence-corrected chi connectivity index (χ2v) is 15.4. The van der Waals surface area contributed by atoms with Crippen LogP contribution in [0.1, 0.15) is 0 Å². The molecule has 9 aromatic carbocycles. The van der Waals surface area contributed by atoms with Crippen LogP contribution in [-0.2, 0) is 0 Å². The Morgan fingerprint density at radius 3 is 1.57 bits per heavy atom. The number of hydrogen-bond acceptors (Lipinski definition) is 4. The Hall–Kier alpha value is -7.21. The van der Waals surface area contributed by atoms with Gasteiger partial charge in [0.2, 0.25) is 0 Å². The summed E-state index contributed by atoms with van der Waals surface area (Å²) in [5, 5.41) is 12.1. The summed E-state index contributed by atoms with van der Waals surface area (Å²) in [5.74, 6) is 1.92. The summed E-state index contributed by atoms with van der Waals surface area (Å²) in [6.45, 7) is 0. The highest BCUT2D eigenvalue weighted by molar-refractivity contribution is 7.25. The van der Waals surface area contributed by atoms with Crippen LogP contribution in [0.25, 0.3) is 114 Å². The van der Waals surface area contributed by atoms with Gasteiger partial charge in [-0.25, -0.2) is 15.0 Å². The van der Waals surface area contributed by atoms with Crippen molar-refractivity contribution in [2.24, 2.45) is 0 Å². The van der Waals surface area contributed by atoms with Crippen LogP contribution in [0.5, 0.6) is 0 Å². The van der Waals surface area contributed by atoms with Gasteiger partial charge in [-0.05, 0) is 63.3 Å². The summed E-state index contributed by atoms with van der Waals surface area (Å²) in [4.78, 5) is 15.7. The van der Waals surface area contributed by atoms with Crippen LogP contribution >= 0.6 is 11.3 Å². The third kappa shape index (κ3) is 4.68. The maximum Gasteiger partial charge on any atom is 0.164 e. The van der Waals surface area contributed by atoms with E-state index in [0.717, 1.165) is 38.7 Å². The quantitative estimate of drug-likeness (QED) is 0.169. The first-order valence-electron chi connectivity index (χ1n) is 18.9. The molecule has 0 amide bonds. The zero-order valence-corrected chi connectivity index (χ0v) is 30.8. The fraction of sp³-hybridized carbons (Fsp3) is 0. The van der Waals surface area contributed by atoms with Crippen LogP contribution in [0.2, 0.25) is 0 Å². The first kappa shape index (κ1) is 31.2. The molecule has 260 valence electrons. The molecule has 0 N–H and O–H groups in total. The van der Waals surface area contributed by atoms with Crippen molar-refractivity contribution < 1.29 is 0 Å². The summed E-state index contributed by atoms with van der Waals surface area (Å²) in [7, 11) is 0. The maximum atomic E-state index is 5.32. The molecule has 0 aliphatic rings. The second kappa shape index (κ2) is 12.2. The van der Waals surface area contributed by atoms with Gasteiger partial charge in [-0.2, -0.15) is 0 Å². The molecule has 0 atom stereocenters. The largest absolute Gasteiger partial charge is 0.309 e. The van der Waals surface area contributed by atoms with Crippen LogP contribution in [0.15, 0.2) is 182 Å². The predicted molar refractivity (Wildman–Crippen MR) is 236 cm³/mol. The van der Waals surface area contributed by atoms with Crippen molar-refractivity contribution in [1.82, 2.24) is 19.5 Å². The van der Waals surface area contributed by atoms with Crippen LogP contribution in [0.4, 0.5) is 0 Å². The third-order valence-corrected chi connectivity index (χ3v) is 12.3. The fourth-order valence-electron chi connectivity index (χ4n) is 8.72. The summed E-state index contributed by atoms with van der Waals surface area (Å²) in [6, 6.07) is 65.0. The van der Waals surface area contributed by atoms with Gasteiger partial charge in [0, 0.05) is 58.7 Å². The lowest BCUT2D eigenvalue weighted by molar-refractivity contribution is 1.07. The summed E-state index contributed by atoms with van der Waals surface area (Å²) < 4.78 is 5.04. The highest BCUT2D eigenvalue weighted by Gasteiger charge is 2.22. The van der Waals surface area contributed by atoms with E-state index in [-0.39, 0.29) is 0 Å². The smallest absolute Gasteiger partial charge is 0.164 e. The molecule has 0 saturated heterocycles. The van der Waals surface area contributed by atoms with Gasteiger partial charge in [0.05, 0.1) is 11.0 Å². The Labute approximate surface area is 325 Å². The molecule has 0 radical (unpaired) electrons. The minimum absolute atomic E-state index is 0.636. The maximum absolute atomic E-state index is 5.32. The molecular weight excluding hydrogens is 701 g/mol. The van der Waals surface area contributed by atoms with E-state index >= 15 is 0 Å². The Kier molecular flexibility index (Phi) is 6.76. The van der Waals surface area contributed by atoms with Crippen molar-refractivity contribution in [3.8, 4) is 39.9 Å². The Morgan fingerprint density at radius 1 is 0.339 bits per heavy atom. The van der Waals surface area contributed by atoms with Gasteiger partial charge in [-0.15, -0.1) is 11.3 Å². The highest BCUT2D eigenvalue weighted by atomic mass is 32.1. The molecule has 56 heavy (non-hydrogen) atoms. The van der Waals surface area contributed by atoms with E-state index in [1.807, 2.05) is 47.7 Å². The van der Waals surface area contributed by atoms with Crippen LogP contribution in [0.3, 0.4) is 0 Å². The van der Waals surface area contributed by atoms with Gasteiger partial charge in [-0.3, -0.25) is 0 Å². The molecule has 3 heterocycles. The van der Waals surface area contributed by atoms with Gasteiger partial charge in [0.1, 0.15) is 0 Å². The molecule has 4 nitrogen and oxygen atoms in total. The lowest BCUT2D eigenvalue weighted by Gasteiger charge is -2.18. The third-order valence-electron chi connectivity index (χ3n) is 11.2. The first-order valence-corrected chi connectivity index (χ1v) is 19.7. The van der Waals surface area contributed by atoms with Crippen molar-refractivity contribution in [3.63, 3.8) is 0 Å². The van der Waals surface area contributed by atoms with Gasteiger partial charge >= 0.3 is 0 Å². The molecule has 0 aliphatic heterocycles. The number of rotatable bonds is 4. The average molecular weight is 731 g/mol. The van der Waals surface area contributed by atoms with E-state index in [2.05, 4.69) is 150 Å². The normalized spacial score (nSPS) is 11.9. The van der Waals surface area contributed by atoms with E-state index in [0.29, 0.717) is 17.5 Å². The number of nitrogens with zero attached hydrogens (tertiary/aromatic N) is 4. The molecule has 0 spiro atoms. The molecule has 5 heteroatoms. The molecule has 0 bridgehead atoms. The van der Waals surface area contributed by atoms with Gasteiger partial charge in [-0.1, -0.05) is 146 Å². The molecule has 12 aromatic rings. The molecule has 12 rings (SSSR count). The molecule has 0 fully saturated rings. The molecule has 3 aromatic heterocycles. The Morgan fingerprint density at radius 2 is 0.875 bits per heavy atom.